The van der Waals surface area contributed by atoms with E-state index >= 15 is 0 Å². The predicted octanol–water partition coefficient (Wildman–Crippen LogP) is 1.87. The molecular formula is C11H8N4O. The fourth-order valence-electron chi connectivity index (χ4n) is 1.56. The largest absolute Gasteiger partial charge is 0.365 e. The molecule has 5 nitrogen and oxygen atoms in total. The molecule has 2 aromatic heterocycles. The molecule has 16 heavy (non-hydrogen) atoms. The number of nitrogens with zero attached hydrogens (tertiary/aromatic N) is 3. The van der Waals surface area contributed by atoms with Crippen LogP contribution in [0.3, 0.4) is 0 Å². The zero-order chi connectivity index (χ0) is 11.0. The number of aromatic nitrogens is 3. The molecule has 78 valence electrons. The first-order valence-corrected chi connectivity index (χ1v) is 4.77. The minimum absolute atomic E-state index is 0.140. The molecule has 0 fully saturated rings. The van der Waals surface area contributed by atoms with Crippen molar-refractivity contribution in [1.82, 2.24) is 15.1 Å². The topological polar surface area (TPSA) is 77.8 Å². The van der Waals surface area contributed by atoms with Gasteiger partial charge in [0.1, 0.15) is 0 Å². The van der Waals surface area contributed by atoms with Crippen LogP contribution in [0.25, 0.3) is 22.4 Å². The maximum absolute atomic E-state index is 5.40. The summed E-state index contributed by atoms with van der Waals surface area (Å²) in [5.41, 5.74) is 7.17. The van der Waals surface area contributed by atoms with Crippen molar-refractivity contribution in [2.45, 2.75) is 0 Å². The lowest BCUT2D eigenvalue weighted by Gasteiger charge is -1.97. The fraction of sp³-hybridized carbons (Fsp3) is 0. The van der Waals surface area contributed by atoms with Crippen molar-refractivity contribution < 1.29 is 4.52 Å². The molecule has 2 N–H and O–H groups in total. The molecule has 3 aromatic rings. The summed E-state index contributed by atoms with van der Waals surface area (Å²) in [5.74, 6) is 0.560. The van der Waals surface area contributed by atoms with Crippen LogP contribution >= 0.6 is 0 Å². The SMILES string of the molecule is Nc1noc(-c2ccc3ncccc3c2)n1. The third-order valence-electron chi connectivity index (χ3n) is 2.29. The van der Waals surface area contributed by atoms with Gasteiger partial charge in [-0.2, -0.15) is 4.98 Å². The van der Waals surface area contributed by atoms with Crippen LogP contribution < -0.4 is 5.73 Å². The van der Waals surface area contributed by atoms with Gasteiger partial charge in [0.15, 0.2) is 0 Å². The monoisotopic (exact) mass is 212 g/mol. The molecule has 2 heterocycles. The van der Waals surface area contributed by atoms with Gasteiger partial charge < -0.3 is 10.3 Å². The lowest BCUT2D eigenvalue weighted by Crippen LogP contribution is -1.85. The van der Waals surface area contributed by atoms with Gasteiger partial charge in [-0.05, 0) is 29.4 Å². The van der Waals surface area contributed by atoms with E-state index in [0.29, 0.717) is 5.89 Å². The van der Waals surface area contributed by atoms with E-state index in [-0.39, 0.29) is 5.95 Å². The molecule has 0 bridgehead atoms. The molecule has 0 amide bonds. The summed E-state index contributed by atoms with van der Waals surface area (Å²) in [5, 5.41) is 4.57. The highest BCUT2D eigenvalue weighted by molar-refractivity contribution is 5.82. The molecule has 0 aliphatic carbocycles. The molecule has 0 aliphatic heterocycles. The number of rotatable bonds is 1. The van der Waals surface area contributed by atoms with Crippen LogP contribution in [0, 0.1) is 0 Å². The summed E-state index contributed by atoms with van der Waals surface area (Å²) >= 11 is 0. The highest BCUT2D eigenvalue weighted by Crippen LogP contribution is 2.22. The van der Waals surface area contributed by atoms with E-state index in [0.717, 1.165) is 16.5 Å². The number of fused-ring (bicyclic) bond motifs is 1. The van der Waals surface area contributed by atoms with Gasteiger partial charge in [0.25, 0.3) is 11.8 Å². The molecule has 0 unspecified atom stereocenters. The minimum atomic E-state index is 0.140. The lowest BCUT2D eigenvalue weighted by molar-refractivity contribution is 0.433. The molecule has 5 heteroatoms. The average Bonchev–Trinajstić information content (AvgIpc) is 2.75. The minimum Gasteiger partial charge on any atom is -0.365 e. The maximum Gasteiger partial charge on any atom is 0.261 e. The summed E-state index contributed by atoms with van der Waals surface area (Å²) in [7, 11) is 0. The quantitative estimate of drug-likeness (QED) is 0.666. The van der Waals surface area contributed by atoms with Gasteiger partial charge in [0.05, 0.1) is 5.52 Å². The van der Waals surface area contributed by atoms with Crippen molar-refractivity contribution in [3.63, 3.8) is 0 Å². The Morgan fingerprint density at radius 3 is 2.94 bits per heavy atom. The van der Waals surface area contributed by atoms with E-state index in [2.05, 4.69) is 15.1 Å². The Balaban J connectivity index is 2.18. The number of hydrogen-bond acceptors (Lipinski definition) is 5. The van der Waals surface area contributed by atoms with Crippen molar-refractivity contribution in [1.29, 1.82) is 0 Å². The molecule has 0 saturated carbocycles. The summed E-state index contributed by atoms with van der Waals surface area (Å²) < 4.78 is 4.99. The van der Waals surface area contributed by atoms with Crippen molar-refractivity contribution in [2.24, 2.45) is 0 Å². The number of pyridine rings is 1. The van der Waals surface area contributed by atoms with Crippen molar-refractivity contribution in [2.75, 3.05) is 5.73 Å². The van der Waals surface area contributed by atoms with Crippen LogP contribution in [-0.4, -0.2) is 15.1 Å². The van der Waals surface area contributed by atoms with Crippen LogP contribution in [0.2, 0.25) is 0 Å². The van der Waals surface area contributed by atoms with Gasteiger partial charge in [0, 0.05) is 17.1 Å². The molecule has 0 spiro atoms. The molecule has 1 aromatic carbocycles. The molecule has 0 radical (unpaired) electrons. The summed E-state index contributed by atoms with van der Waals surface area (Å²) in [4.78, 5) is 8.20. The number of benzene rings is 1. The van der Waals surface area contributed by atoms with Crippen LogP contribution in [0.15, 0.2) is 41.1 Å². The van der Waals surface area contributed by atoms with Gasteiger partial charge in [0.2, 0.25) is 0 Å². The Morgan fingerprint density at radius 2 is 2.12 bits per heavy atom. The zero-order valence-corrected chi connectivity index (χ0v) is 8.29. The molecular weight excluding hydrogens is 204 g/mol. The number of hydrogen-bond donors (Lipinski definition) is 1. The Labute approximate surface area is 90.9 Å². The normalized spacial score (nSPS) is 10.8. The summed E-state index contributed by atoms with van der Waals surface area (Å²) in [6.45, 7) is 0. The molecule has 3 rings (SSSR count). The second-order valence-electron chi connectivity index (χ2n) is 3.37. The Morgan fingerprint density at radius 1 is 1.19 bits per heavy atom. The third-order valence-corrected chi connectivity index (χ3v) is 2.29. The van der Waals surface area contributed by atoms with Gasteiger partial charge in [-0.15, -0.1) is 0 Å². The summed E-state index contributed by atoms with van der Waals surface area (Å²) in [6, 6.07) is 9.59. The van der Waals surface area contributed by atoms with E-state index < -0.39 is 0 Å². The standard InChI is InChI=1S/C11H8N4O/c12-11-14-10(16-15-11)8-3-4-9-7(6-8)2-1-5-13-9/h1-6H,(H2,12,15). The van der Waals surface area contributed by atoms with E-state index in [1.165, 1.54) is 0 Å². The zero-order valence-electron chi connectivity index (χ0n) is 8.29. The second kappa shape index (κ2) is 3.30. The van der Waals surface area contributed by atoms with Gasteiger partial charge in [-0.25, -0.2) is 0 Å². The second-order valence-corrected chi connectivity index (χ2v) is 3.37. The lowest BCUT2D eigenvalue weighted by atomic mass is 10.1. The average molecular weight is 212 g/mol. The number of nitrogen functional groups attached to an aromatic ring is 1. The van der Waals surface area contributed by atoms with Crippen LogP contribution in [0.1, 0.15) is 0 Å². The van der Waals surface area contributed by atoms with Crippen molar-refractivity contribution in [3.8, 4) is 11.5 Å². The van der Waals surface area contributed by atoms with E-state index in [1.807, 2.05) is 30.3 Å². The predicted molar refractivity (Wildman–Crippen MR) is 59.4 cm³/mol. The van der Waals surface area contributed by atoms with Crippen LogP contribution in [0.5, 0.6) is 0 Å². The Bertz CT molecular complexity index is 647. The van der Waals surface area contributed by atoms with Crippen molar-refractivity contribution in [3.05, 3.63) is 36.5 Å². The van der Waals surface area contributed by atoms with Gasteiger partial charge >= 0.3 is 0 Å². The molecule has 0 saturated heterocycles. The van der Waals surface area contributed by atoms with E-state index in [4.69, 9.17) is 10.3 Å². The number of anilines is 1. The van der Waals surface area contributed by atoms with E-state index in [1.54, 1.807) is 6.20 Å². The van der Waals surface area contributed by atoms with E-state index in [9.17, 15) is 0 Å². The van der Waals surface area contributed by atoms with Crippen LogP contribution in [0.4, 0.5) is 5.95 Å². The maximum atomic E-state index is 5.40. The van der Waals surface area contributed by atoms with Crippen LogP contribution in [-0.2, 0) is 0 Å². The van der Waals surface area contributed by atoms with Gasteiger partial charge in [-0.3, -0.25) is 4.98 Å². The smallest absolute Gasteiger partial charge is 0.261 e. The summed E-state index contributed by atoms with van der Waals surface area (Å²) in [6.07, 6.45) is 1.76. The first-order chi connectivity index (χ1) is 7.83. The molecule has 0 aliphatic rings. The van der Waals surface area contributed by atoms with Gasteiger partial charge in [-0.1, -0.05) is 6.07 Å². The first kappa shape index (κ1) is 8.84. The highest BCUT2D eigenvalue weighted by Gasteiger charge is 2.06. The Kier molecular flexibility index (Phi) is 1.83. The number of nitrogens with two attached hydrogens (primary N) is 1. The highest BCUT2D eigenvalue weighted by atomic mass is 16.5. The fourth-order valence-corrected chi connectivity index (χ4v) is 1.56. The third kappa shape index (κ3) is 1.38. The molecule has 0 atom stereocenters. The van der Waals surface area contributed by atoms with Crippen molar-refractivity contribution >= 4 is 16.9 Å². The Hall–Kier alpha value is -2.43. The first-order valence-electron chi connectivity index (χ1n) is 4.77.